The van der Waals surface area contributed by atoms with Crippen LogP contribution in [-0.2, 0) is 4.79 Å². The molecule has 6 nitrogen and oxygen atoms in total. The molecule has 0 aliphatic carbocycles. The van der Waals surface area contributed by atoms with E-state index in [1.807, 2.05) is 0 Å². The Hall–Kier alpha value is -0.950. The zero-order chi connectivity index (χ0) is 55.1. The number of nitrogens with one attached hydrogen (secondary N) is 1. The van der Waals surface area contributed by atoms with Crippen molar-refractivity contribution in [2.75, 3.05) is 6.61 Å². The number of hydrogen-bond donors (Lipinski definition) is 5. The van der Waals surface area contributed by atoms with Gasteiger partial charge in [0, 0.05) is 0 Å². The van der Waals surface area contributed by atoms with Crippen LogP contribution in [0.25, 0.3) is 0 Å². The predicted octanol–water partition coefficient (Wildman–Crippen LogP) is 21.5. The summed E-state index contributed by atoms with van der Waals surface area (Å²) < 4.78 is 0. The predicted molar refractivity (Wildman–Crippen MR) is 335 cm³/mol. The first-order valence-corrected chi connectivity index (χ1v) is 35.1. The monoisotopic (exact) mass is 1070 g/mol. The van der Waals surface area contributed by atoms with E-state index in [-0.39, 0.29) is 0 Å². The lowest BCUT2D eigenvalue weighted by Gasteiger charge is -2.27. The lowest BCUT2D eigenvalue weighted by atomic mass is 9.99. The van der Waals surface area contributed by atoms with Crippen molar-refractivity contribution in [3.8, 4) is 0 Å². The van der Waals surface area contributed by atoms with Crippen LogP contribution in [0.5, 0.6) is 0 Å². The van der Waals surface area contributed by atoms with Crippen LogP contribution in [0.4, 0.5) is 0 Å². The topological polar surface area (TPSA) is 110 Å². The molecule has 4 atom stereocenters. The van der Waals surface area contributed by atoms with E-state index in [0.717, 1.165) is 38.5 Å². The van der Waals surface area contributed by atoms with E-state index in [2.05, 4.69) is 31.3 Å². The number of carbonyl (C=O) groups excluding carboxylic acids is 1. The number of aliphatic hydroxyl groups is 4. The van der Waals surface area contributed by atoms with Gasteiger partial charge in [-0.15, -0.1) is 0 Å². The summed E-state index contributed by atoms with van der Waals surface area (Å²) in [7, 11) is 0. The molecule has 0 aromatic carbocycles. The summed E-state index contributed by atoms with van der Waals surface area (Å²) in [5.41, 5.74) is 0. The molecular weight excluding hydrogens is 935 g/mol. The third kappa shape index (κ3) is 57.7. The van der Waals surface area contributed by atoms with Crippen LogP contribution < -0.4 is 5.32 Å². The van der Waals surface area contributed by atoms with E-state index in [4.69, 9.17) is 0 Å². The second-order valence-corrected chi connectivity index (χ2v) is 24.6. The van der Waals surface area contributed by atoms with Crippen LogP contribution in [0.2, 0.25) is 0 Å². The van der Waals surface area contributed by atoms with Crippen molar-refractivity contribution in [3.05, 3.63) is 12.2 Å². The van der Waals surface area contributed by atoms with Crippen molar-refractivity contribution in [2.24, 2.45) is 0 Å². The molecule has 454 valence electrons. The van der Waals surface area contributed by atoms with Crippen molar-refractivity contribution in [1.29, 1.82) is 0 Å². The van der Waals surface area contributed by atoms with Gasteiger partial charge >= 0.3 is 0 Å². The first-order valence-electron chi connectivity index (χ1n) is 35.1. The lowest BCUT2D eigenvalue weighted by molar-refractivity contribution is -0.132. The Morgan fingerprint density at radius 2 is 0.526 bits per heavy atom. The summed E-state index contributed by atoms with van der Waals surface area (Å²) in [5, 5.41) is 44.3. The fraction of sp³-hybridized carbons (Fsp3) is 0.957. The molecule has 0 fully saturated rings. The Bertz CT molecular complexity index is 1120. The van der Waals surface area contributed by atoms with E-state index in [9.17, 15) is 25.2 Å². The summed E-state index contributed by atoms with van der Waals surface area (Å²) in [4.78, 5) is 12.7. The van der Waals surface area contributed by atoms with Crippen LogP contribution in [0.15, 0.2) is 12.2 Å². The smallest absolute Gasteiger partial charge is 0.249 e. The third-order valence-electron chi connectivity index (χ3n) is 17.0. The van der Waals surface area contributed by atoms with Gasteiger partial charge in [-0.25, -0.2) is 0 Å². The van der Waals surface area contributed by atoms with E-state index in [0.29, 0.717) is 12.8 Å². The minimum atomic E-state index is -1.26. The molecule has 0 heterocycles. The Morgan fingerprint density at radius 1 is 0.316 bits per heavy atom. The van der Waals surface area contributed by atoms with Crippen molar-refractivity contribution >= 4 is 5.91 Å². The molecule has 0 spiro atoms. The number of aliphatic hydroxyl groups excluding tert-OH is 4. The van der Waals surface area contributed by atoms with Crippen LogP contribution >= 0.6 is 0 Å². The molecule has 0 bridgehead atoms. The molecule has 4 unspecified atom stereocenters. The van der Waals surface area contributed by atoms with E-state index in [1.54, 1.807) is 0 Å². The van der Waals surface area contributed by atoms with E-state index in [1.165, 1.54) is 334 Å². The Kier molecular flexibility index (Phi) is 64.1. The summed E-state index contributed by atoms with van der Waals surface area (Å²) in [6.07, 6.45) is 80.5. The van der Waals surface area contributed by atoms with Gasteiger partial charge in [0.15, 0.2) is 0 Å². The van der Waals surface area contributed by atoms with Gasteiger partial charge in [-0.2, -0.15) is 0 Å². The Morgan fingerprint density at radius 3 is 0.763 bits per heavy atom. The number of amides is 1. The maximum atomic E-state index is 12.7. The summed E-state index contributed by atoms with van der Waals surface area (Å²) in [6, 6.07) is -0.984. The highest BCUT2D eigenvalue weighted by Crippen LogP contribution is 2.20. The SMILES string of the molecule is CCCCCCCCCCCCCC/C=C\CCCCCCCCCCCCCCCCCCC(O)C(=O)NC(CO)C(O)C(O)CCCCCCCCCCCCCCCCCCCCCCCCCCCCCC. The second-order valence-electron chi connectivity index (χ2n) is 24.6. The molecule has 6 heteroatoms. The standard InChI is InChI=1S/C70H139NO5/c1-3-5-7-9-11-13-15-17-19-21-23-25-27-29-31-33-34-35-36-38-40-42-44-46-48-50-52-54-56-58-60-62-64-68(74)70(76)71-66(65-72)69(75)67(73)63-61-59-57-55-53-51-49-47-45-43-41-39-37-32-30-28-26-24-22-20-18-16-14-12-10-8-6-4-2/h29,31,66-69,72-75H,3-28,30,32-65H2,1-2H3,(H,71,76)/b31-29-. The fourth-order valence-corrected chi connectivity index (χ4v) is 11.5. The molecule has 0 aliphatic rings. The molecule has 0 radical (unpaired) electrons. The molecule has 0 aromatic heterocycles. The normalized spacial score (nSPS) is 13.5. The number of carbonyl (C=O) groups is 1. The zero-order valence-electron chi connectivity index (χ0n) is 51.8. The summed E-state index contributed by atoms with van der Waals surface area (Å²) in [5.74, 6) is -0.575. The highest BCUT2D eigenvalue weighted by molar-refractivity contribution is 5.80. The maximum Gasteiger partial charge on any atom is 0.249 e. The van der Waals surface area contributed by atoms with Gasteiger partial charge in [0.25, 0.3) is 0 Å². The van der Waals surface area contributed by atoms with Gasteiger partial charge in [0.1, 0.15) is 12.2 Å². The van der Waals surface area contributed by atoms with Crippen LogP contribution in [0.3, 0.4) is 0 Å². The first kappa shape index (κ1) is 75.0. The van der Waals surface area contributed by atoms with Crippen molar-refractivity contribution in [3.63, 3.8) is 0 Å². The minimum Gasteiger partial charge on any atom is -0.394 e. The van der Waals surface area contributed by atoms with Gasteiger partial charge in [0.2, 0.25) is 5.91 Å². The quantitative estimate of drug-likeness (QED) is 0.0308. The van der Waals surface area contributed by atoms with Crippen LogP contribution in [0.1, 0.15) is 399 Å². The molecule has 76 heavy (non-hydrogen) atoms. The average molecular weight is 1070 g/mol. The highest BCUT2D eigenvalue weighted by Gasteiger charge is 2.28. The molecule has 0 aromatic rings. The maximum absolute atomic E-state index is 12.7. The lowest BCUT2D eigenvalue weighted by Crippen LogP contribution is -2.53. The molecule has 0 saturated heterocycles. The Labute approximate surface area is 476 Å². The van der Waals surface area contributed by atoms with Gasteiger partial charge < -0.3 is 25.7 Å². The molecular formula is C70H139NO5. The minimum absolute atomic E-state index is 0.374. The average Bonchev–Trinajstić information content (AvgIpc) is 3.42. The van der Waals surface area contributed by atoms with Crippen LogP contribution in [0, 0.1) is 0 Å². The third-order valence-corrected chi connectivity index (χ3v) is 17.0. The van der Waals surface area contributed by atoms with Crippen molar-refractivity contribution < 1.29 is 25.2 Å². The van der Waals surface area contributed by atoms with Gasteiger partial charge in [-0.1, -0.05) is 373 Å². The summed E-state index contributed by atoms with van der Waals surface area (Å²) in [6.45, 7) is 4.12. The number of hydrogen-bond acceptors (Lipinski definition) is 5. The van der Waals surface area contributed by atoms with E-state index < -0.39 is 36.9 Å². The zero-order valence-corrected chi connectivity index (χ0v) is 51.8. The van der Waals surface area contributed by atoms with E-state index >= 15 is 0 Å². The summed E-state index contributed by atoms with van der Waals surface area (Å²) >= 11 is 0. The fourth-order valence-electron chi connectivity index (χ4n) is 11.5. The largest absolute Gasteiger partial charge is 0.394 e. The van der Waals surface area contributed by atoms with Gasteiger partial charge in [-0.3, -0.25) is 4.79 Å². The molecule has 5 N–H and O–H groups in total. The molecule has 0 saturated carbocycles. The van der Waals surface area contributed by atoms with Crippen molar-refractivity contribution in [2.45, 2.75) is 423 Å². The molecule has 1 amide bonds. The second kappa shape index (κ2) is 64.9. The van der Waals surface area contributed by atoms with Crippen molar-refractivity contribution in [1.82, 2.24) is 5.32 Å². The van der Waals surface area contributed by atoms with Gasteiger partial charge in [0.05, 0.1) is 18.8 Å². The number of allylic oxidation sites excluding steroid dienone is 2. The first-order chi connectivity index (χ1) is 37.5. The van der Waals surface area contributed by atoms with Crippen LogP contribution in [-0.4, -0.2) is 57.3 Å². The molecule has 0 rings (SSSR count). The number of unbranched alkanes of at least 4 members (excludes halogenated alkanes) is 55. The number of rotatable bonds is 66. The molecule has 0 aliphatic heterocycles. The van der Waals surface area contributed by atoms with Gasteiger partial charge in [-0.05, 0) is 38.5 Å². The highest BCUT2D eigenvalue weighted by atomic mass is 16.3. The Balaban J connectivity index is 3.52.